The van der Waals surface area contributed by atoms with Crippen LogP contribution in [-0.4, -0.2) is 47.8 Å². The molecule has 2 amide bonds. The summed E-state index contributed by atoms with van der Waals surface area (Å²) in [7, 11) is 0. The third-order valence-electron chi connectivity index (χ3n) is 5.12. The van der Waals surface area contributed by atoms with E-state index < -0.39 is 6.10 Å². The highest BCUT2D eigenvalue weighted by molar-refractivity contribution is 5.74. The summed E-state index contributed by atoms with van der Waals surface area (Å²) < 4.78 is 0. The lowest BCUT2D eigenvalue weighted by Gasteiger charge is -2.30. The Hall–Kier alpha value is -1.59. The van der Waals surface area contributed by atoms with Gasteiger partial charge in [-0.3, -0.25) is 4.90 Å². The number of aliphatic hydroxyl groups is 1. The van der Waals surface area contributed by atoms with Gasteiger partial charge >= 0.3 is 6.03 Å². The van der Waals surface area contributed by atoms with Crippen LogP contribution in [0.4, 0.5) is 4.79 Å². The summed E-state index contributed by atoms with van der Waals surface area (Å²) in [6, 6.07) is 8.64. The number of aliphatic hydroxyl groups excluding tert-OH is 1. The van der Waals surface area contributed by atoms with Gasteiger partial charge in [0.05, 0.1) is 6.10 Å². The normalized spacial score (nSPS) is 20.2. The molecule has 24 heavy (non-hydrogen) atoms. The molecule has 0 radical (unpaired) electrons. The first-order chi connectivity index (χ1) is 11.7. The first-order valence-electron chi connectivity index (χ1n) is 9.22. The van der Waals surface area contributed by atoms with Crippen molar-refractivity contribution >= 4 is 6.03 Å². The molecule has 1 unspecified atom stereocenters. The molecule has 2 aliphatic rings. The van der Waals surface area contributed by atoms with Crippen molar-refractivity contribution in [2.45, 2.75) is 57.2 Å². The maximum Gasteiger partial charge on any atom is 0.315 e. The van der Waals surface area contributed by atoms with Gasteiger partial charge in [0.1, 0.15) is 0 Å². The van der Waals surface area contributed by atoms with Crippen LogP contribution in [0.2, 0.25) is 0 Å². The van der Waals surface area contributed by atoms with Gasteiger partial charge < -0.3 is 15.7 Å². The first kappa shape index (κ1) is 17.2. The topological polar surface area (TPSA) is 64.6 Å². The standard InChI is InChI=1S/C19H29N3O2/c23-18(12-20-19(24)21-17-8-2-1-3-9-17)14-22-11-10-15-6-4-5-7-16(15)13-22/h4-7,17-18,23H,1-3,8-14H2,(H2,20,21,24). The highest BCUT2D eigenvalue weighted by atomic mass is 16.3. The zero-order chi connectivity index (χ0) is 16.8. The number of benzene rings is 1. The number of carbonyl (C=O) groups excluding carboxylic acids is 1. The second kappa shape index (κ2) is 8.49. The molecule has 0 bridgehead atoms. The second-order valence-corrected chi connectivity index (χ2v) is 7.10. The van der Waals surface area contributed by atoms with Gasteiger partial charge in [-0.1, -0.05) is 43.5 Å². The maximum atomic E-state index is 11.9. The van der Waals surface area contributed by atoms with Gasteiger partial charge in [0.2, 0.25) is 0 Å². The average molecular weight is 331 g/mol. The van der Waals surface area contributed by atoms with Crippen LogP contribution >= 0.6 is 0 Å². The highest BCUT2D eigenvalue weighted by Crippen LogP contribution is 2.18. The molecule has 0 saturated heterocycles. The van der Waals surface area contributed by atoms with Crippen LogP contribution in [0.1, 0.15) is 43.2 Å². The molecule has 0 spiro atoms. The number of hydrogen-bond donors (Lipinski definition) is 3. The van der Waals surface area contributed by atoms with Crippen LogP contribution < -0.4 is 10.6 Å². The smallest absolute Gasteiger partial charge is 0.315 e. The van der Waals surface area contributed by atoms with E-state index in [-0.39, 0.29) is 6.03 Å². The number of fused-ring (bicyclic) bond motifs is 1. The van der Waals surface area contributed by atoms with E-state index in [9.17, 15) is 9.90 Å². The third kappa shape index (κ3) is 4.95. The predicted octanol–water partition coefficient (Wildman–Crippen LogP) is 2.04. The third-order valence-corrected chi connectivity index (χ3v) is 5.12. The molecule has 1 heterocycles. The maximum absolute atomic E-state index is 11.9. The van der Waals surface area contributed by atoms with Crippen LogP contribution in [-0.2, 0) is 13.0 Å². The van der Waals surface area contributed by atoms with Crippen LogP contribution in [0, 0.1) is 0 Å². The van der Waals surface area contributed by atoms with E-state index in [0.29, 0.717) is 19.1 Å². The van der Waals surface area contributed by atoms with E-state index in [1.54, 1.807) is 0 Å². The van der Waals surface area contributed by atoms with Gasteiger partial charge in [0.15, 0.2) is 0 Å². The summed E-state index contributed by atoms with van der Waals surface area (Å²) in [5, 5.41) is 16.0. The van der Waals surface area contributed by atoms with E-state index in [1.165, 1.54) is 30.4 Å². The van der Waals surface area contributed by atoms with Crippen LogP contribution in [0.15, 0.2) is 24.3 Å². The van der Waals surface area contributed by atoms with E-state index in [1.807, 2.05) is 0 Å². The Morgan fingerprint density at radius 3 is 2.75 bits per heavy atom. The van der Waals surface area contributed by atoms with Crippen LogP contribution in [0.3, 0.4) is 0 Å². The molecule has 1 aromatic carbocycles. The molecule has 132 valence electrons. The zero-order valence-corrected chi connectivity index (χ0v) is 14.3. The molecule has 1 aromatic rings. The van der Waals surface area contributed by atoms with Crippen molar-refractivity contribution in [3.63, 3.8) is 0 Å². The summed E-state index contributed by atoms with van der Waals surface area (Å²) in [6.45, 7) is 2.73. The fourth-order valence-corrected chi connectivity index (χ4v) is 3.77. The van der Waals surface area contributed by atoms with Crippen LogP contribution in [0.5, 0.6) is 0 Å². The SMILES string of the molecule is O=C(NCC(O)CN1CCc2ccccc2C1)NC1CCCCC1. The molecule has 1 aliphatic heterocycles. The van der Waals surface area contributed by atoms with Crippen molar-refractivity contribution in [2.75, 3.05) is 19.6 Å². The molecule has 5 nitrogen and oxygen atoms in total. The van der Waals surface area contributed by atoms with Gasteiger partial charge in [-0.15, -0.1) is 0 Å². The van der Waals surface area contributed by atoms with E-state index in [0.717, 1.165) is 32.4 Å². The van der Waals surface area contributed by atoms with Crippen molar-refractivity contribution in [3.8, 4) is 0 Å². The summed E-state index contributed by atoms with van der Waals surface area (Å²) in [5.41, 5.74) is 2.76. The molecular formula is C19H29N3O2. The monoisotopic (exact) mass is 331 g/mol. The molecule has 1 saturated carbocycles. The minimum Gasteiger partial charge on any atom is -0.390 e. The van der Waals surface area contributed by atoms with Crippen molar-refractivity contribution in [1.82, 2.24) is 15.5 Å². The molecule has 0 aromatic heterocycles. The zero-order valence-electron chi connectivity index (χ0n) is 14.3. The quantitative estimate of drug-likeness (QED) is 0.774. The van der Waals surface area contributed by atoms with Crippen molar-refractivity contribution in [3.05, 3.63) is 35.4 Å². The van der Waals surface area contributed by atoms with Gasteiger partial charge in [0.25, 0.3) is 0 Å². The number of urea groups is 1. The molecule has 5 heteroatoms. The van der Waals surface area contributed by atoms with Crippen molar-refractivity contribution in [2.24, 2.45) is 0 Å². The lowest BCUT2D eigenvalue weighted by molar-refractivity contribution is 0.105. The first-order valence-corrected chi connectivity index (χ1v) is 9.22. The Morgan fingerprint density at radius 2 is 1.96 bits per heavy atom. The summed E-state index contributed by atoms with van der Waals surface area (Å²) >= 11 is 0. The number of hydrogen-bond acceptors (Lipinski definition) is 3. The number of β-amino-alcohol motifs (C(OH)–C–C–N with tert-alkyl or cyclic N) is 1. The fourth-order valence-electron chi connectivity index (χ4n) is 3.77. The summed E-state index contributed by atoms with van der Waals surface area (Å²) in [4.78, 5) is 14.2. The molecule has 1 aliphatic carbocycles. The summed E-state index contributed by atoms with van der Waals surface area (Å²) in [5.74, 6) is 0. The van der Waals surface area contributed by atoms with Gasteiger partial charge in [0, 0.05) is 32.2 Å². The highest BCUT2D eigenvalue weighted by Gasteiger charge is 2.19. The van der Waals surface area contributed by atoms with E-state index >= 15 is 0 Å². The van der Waals surface area contributed by atoms with Crippen molar-refractivity contribution in [1.29, 1.82) is 0 Å². The molecular weight excluding hydrogens is 302 g/mol. The van der Waals surface area contributed by atoms with Crippen molar-refractivity contribution < 1.29 is 9.90 Å². The Bertz CT molecular complexity index is 543. The largest absolute Gasteiger partial charge is 0.390 e. The Balaban J connectivity index is 1.36. The van der Waals surface area contributed by atoms with Gasteiger partial charge in [-0.05, 0) is 30.4 Å². The van der Waals surface area contributed by atoms with Gasteiger partial charge in [-0.2, -0.15) is 0 Å². The lowest BCUT2D eigenvalue weighted by atomic mass is 9.96. The van der Waals surface area contributed by atoms with Crippen LogP contribution in [0.25, 0.3) is 0 Å². The number of nitrogens with one attached hydrogen (secondary N) is 2. The molecule has 3 N–H and O–H groups in total. The lowest BCUT2D eigenvalue weighted by Crippen LogP contribution is -2.47. The number of amides is 2. The Labute approximate surface area is 144 Å². The molecule has 1 atom stereocenters. The minimum absolute atomic E-state index is 0.148. The molecule has 3 rings (SSSR count). The number of carbonyl (C=O) groups is 1. The number of nitrogens with zero attached hydrogens (tertiary/aromatic N) is 1. The van der Waals surface area contributed by atoms with E-state index in [2.05, 4.69) is 39.8 Å². The van der Waals surface area contributed by atoms with Gasteiger partial charge in [-0.25, -0.2) is 4.79 Å². The number of rotatable bonds is 5. The predicted molar refractivity (Wildman–Crippen MR) is 94.8 cm³/mol. The average Bonchev–Trinajstić information content (AvgIpc) is 2.61. The minimum atomic E-state index is -0.535. The fraction of sp³-hybridized carbons (Fsp3) is 0.632. The Morgan fingerprint density at radius 1 is 1.21 bits per heavy atom. The van der Waals surface area contributed by atoms with E-state index in [4.69, 9.17) is 0 Å². The molecule has 1 fully saturated rings. The Kier molecular flexibility index (Phi) is 6.10. The summed E-state index contributed by atoms with van der Waals surface area (Å²) in [6.07, 6.45) is 6.31. The second-order valence-electron chi connectivity index (χ2n) is 7.10.